The van der Waals surface area contributed by atoms with Crippen LogP contribution in [0.1, 0.15) is 40.5 Å². The number of alkyl halides is 3. The van der Waals surface area contributed by atoms with Crippen molar-refractivity contribution in [3.63, 3.8) is 0 Å². The SMILES string of the molecule is C=Cc1c(Nc2cnc(C(=O)C3CC3C(=O)OCC)c(OC)c2)ccc(C(F)(F)F)c1C=C. The van der Waals surface area contributed by atoms with E-state index in [2.05, 4.69) is 23.5 Å². The quantitative estimate of drug-likeness (QED) is 0.392. The second-order valence-electron chi connectivity index (χ2n) is 7.36. The van der Waals surface area contributed by atoms with Crippen molar-refractivity contribution in [3.05, 3.63) is 59.9 Å². The summed E-state index contributed by atoms with van der Waals surface area (Å²) in [6.07, 6.45) is -0.353. The molecule has 1 aliphatic rings. The molecule has 1 aromatic carbocycles. The Hall–Kier alpha value is -3.62. The normalized spacial score (nSPS) is 17.1. The highest BCUT2D eigenvalue weighted by molar-refractivity contribution is 6.03. The third-order valence-electron chi connectivity index (χ3n) is 5.30. The molecule has 0 bridgehead atoms. The summed E-state index contributed by atoms with van der Waals surface area (Å²) in [6, 6.07) is 3.75. The molecule has 2 aromatic rings. The zero-order valence-electron chi connectivity index (χ0n) is 18.2. The van der Waals surface area contributed by atoms with Crippen LogP contribution in [0, 0.1) is 11.8 Å². The van der Waals surface area contributed by atoms with Gasteiger partial charge in [0.05, 0.1) is 37.1 Å². The Morgan fingerprint density at radius 2 is 1.91 bits per heavy atom. The molecule has 0 radical (unpaired) electrons. The molecule has 6 nitrogen and oxygen atoms in total. The highest BCUT2D eigenvalue weighted by Gasteiger charge is 2.50. The summed E-state index contributed by atoms with van der Waals surface area (Å²) in [5.74, 6) is -1.56. The lowest BCUT2D eigenvalue weighted by Crippen LogP contribution is -2.14. The van der Waals surface area contributed by atoms with E-state index in [9.17, 15) is 22.8 Å². The van der Waals surface area contributed by atoms with Gasteiger partial charge in [0.1, 0.15) is 11.4 Å². The third-order valence-corrected chi connectivity index (χ3v) is 5.30. The number of carbonyl (C=O) groups is 2. The molecule has 33 heavy (non-hydrogen) atoms. The van der Waals surface area contributed by atoms with E-state index in [1.807, 2.05) is 0 Å². The molecule has 0 spiro atoms. The van der Waals surface area contributed by atoms with Gasteiger partial charge in [-0.3, -0.25) is 9.59 Å². The molecule has 9 heteroatoms. The molecular weight excluding hydrogens is 437 g/mol. The first kappa shape index (κ1) is 24.0. The number of halogens is 3. The van der Waals surface area contributed by atoms with Crippen molar-refractivity contribution in [1.29, 1.82) is 0 Å². The zero-order valence-corrected chi connectivity index (χ0v) is 18.2. The van der Waals surface area contributed by atoms with E-state index in [-0.39, 0.29) is 35.0 Å². The number of ether oxygens (including phenoxy) is 2. The Kier molecular flexibility index (Phi) is 6.90. The molecule has 0 amide bonds. The molecule has 1 aromatic heterocycles. The van der Waals surface area contributed by atoms with Gasteiger partial charge in [0.15, 0.2) is 5.78 Å². The third kappa shape index (κ3) is 4.92. The van der Waals surface area contributed by atoms with Crippen molar-refractivity contribution in [2.75, 3.05) is 19.0 Å². The number of rotatable bonds is 9. The van der Waals surface area contributed by atoms with Crippen molar-refractivity contribution in [3.8, 4) is 5.75 Å². The number of Topliss-reactive ketones (excluding diaryl/α,β-unsaturated/α-hetero) is 1. The maximum atomic E-state index is 13.3. The number of esters is 1. The standard InChI is InChI=1S/C24H23F3N2O4/c1-5-14-15(6-2)19(9-8-18(14)24(25,26)27)29-13-10-20(32-4)21(28-12-13)22(30)16-11-17(16)23(31)33-7-3/h5-6,8-10,12,16-17,29H,1-2,7,11H2,3-4H3. The molecule has 1 saturated carbocycles. The summed E-state index contributed by atoms with van der Waals surface area (Å²) >= 11 is 0. The minimum absolute atomic E-state index is 0.0722. The largest absolute Gasteiger partial charge is 0.494 e. The van der Waals surface area contributed by atoms with Gasteiger partial charge in [0.25, 0.3) is 0 Å². The van der Waals surface area contributed by atoms with Gasteiger partial charge in [0.2, 0.25) is 0 Å². The first-order valence-electron chi connectivity index (χ1n) is 10.2. The molecule has 1 aliphatic carbocycles. The summed E-state index contributed by atoms with van der Waals surface area (Å²) in [5, 5.41) is 2.99. The number of carbonyl (C=O) groups excluding carboxylic acids is 2. The van der Waals surface area contributed by atoms with Crippen LogP contribution < -0.4 is 10.1 Å². The van der Waals surface area contributed by atoms with E-state index < -0.39 is 29.5 Å². The van der Waals surface area contributed by atoms with Crippen molar-refractivity contribution in [2.24, 2.45) is 11.8 Å². The van der Waals surface area contributed by atoms with E-state index in [1.165, 1.54) is 31.5 Å². The Bertz CT molecular complexity index is 1110. The summed E-state index contributed by atoms with van der Waals surface area (Å²) < 4.78 is 50.3. The number of anilines is 2. The van der Waals surface area contributed by atoms with Crippen LogP contribution >= 0.6 is 0 Å². The predicted molar refractivity (Wildman–Crippen MR) is 118 cm³/mol. The van der Waals surface area contributed by atoms with Crippen LogP contribution in [-0.4, -0.2) is 30.5 Å². The topological polar surface area (TPSA) is 77.5 Å². The molecule has 2 unspecified atom stereocenters. The maximum absolute atomic E-state index is 13.3. The number of hydrogen-bond donors (Lipinski definition) is 1. The molecule has 1 heterocycles. The molecule has 1 fully saturated rings. The van der Waals surface area contributed by atoms with Crippen LogP contribution in [0.5, 0.6) is 5.75 Å². The van der Waals surface area contributed by atoms with Crippen molar-refractivity contribution >= 4 is 35.3 Å². The van der Waals surface area contributed by atoms with E-state index >= 15 is 0 Å². The van der Waals surface area contributed by atoms with E-state index in [0.717, 1.165) is 12.1 Å². The second kappa shape index (κ2) is 9.48. The van der Waals surface area contributed by atoms with Crippen molar-refractivity contribution < 1.29 is 32.2 Å². The van der Waals surface area contributed by atoms with Crippen molar-refractivity contribution in [2.45, 2.75) is 19.5 Å². The fourth-order valence-electron chi connectivity index (χ4n) is 3.61. The molecule has 0 aliphatic heterocycles. The smallest absolute Gasteiger partial charge is 0.417 e. The van der Waals surface area contributed by atoms with Gasteiger partial charge in [0, 0.05) is 23.2 Å². The lowest BCUT2D eigenvalue weighted by atomic mass is 9.98. The number of benzene rings is 1. The number of aromatic nitrogens is 1. The lowest BCUT2D eigenvalue weighted by molar-refractivity contribution is -0.145. The van der Waals surface area contributed by atoms with Gasteiger partial charge < -0.3 is 14.8 Å². The number of nitrogens with zero attached hydrogens (tertiary/aromatic N) is 1. The van der Waals surface area contributed by atoms with Crippen LogP contribution in [0.3, 0.4) is 0 Å². The minimum Gasteiger partial charge on any atom is -0.494 e. The molecule has 0 saturated heterocycles. The van der Waals surface area contributed by atoms with Crippen LogP contribution in [0.4, 0.5) is 24.5 Å². The first-order valence-corrected chi connectivity index (χ1v) is 10.2. The van der Waals surface area contributed by atoms with Gasteiger partial charge in [-0.05, 0) is 31.0 Å². The van der Waals surface area contributed by atoms with Gasteiger partial charge in [-0.25, -0.2) is 4.98 Å². The Morgan fingerprint density at radius 1 is 1.21 bits per heavy atom. The second-order valence-corrected chi connectivity index (χ2v) is 7.36. The molecular formula is C24H23F3N2O4. The maximum Gasteiger partial charge on any atom is 0.417 e. The summed E-state index contributed by atoms with van der Waals surface area (Å²) in [4.78, 5) is 28.8. The average Bonchev–Trinajstić information content (AvgIpc) is 3.58. The van der Waals surface area contributed by atoms with Gasteiger partial charge in [-0.15, -0.1) is 0 Å². The molecule has 174 valence electrons. The van der Waals surface area contributed by atoms with Crippen LogP contribution in [0.25, 0.3) is 12.2 Å². The van der Waals surface area contributed by atoms with Crippen LogP contribution in [-0.2, 0) is 15.7 Å². The average molecular weight is 460 g/mol. The first-order chi connectivity index (χ1) is 15.7. The molecule has 3 rings (SSSR count). The highest BCUT2D eigenvalue weighted by Crippen LogP contribution is 2.43. The number of nitrogens with one attached hydrogen (secondary N) is 1. The summed E-state index contributed by atoms with van der Waals surface area (Å²) in [7, 11) is 1.37. The number of pyridine rings is 1. The predicted octanol–water partition coefficient (Wildman–Crippen LogP) is 5.52. The van der Waals surface area contributed by atoms with Crippen LogP contribution in [0.15, 0.2) is 37.6 Å². The summed E-state index contributed by atoms with van der Waals surface area (Å²) in [6.45, 7) is 9.05. The number of hydrogen-bond acceptors (Lipinski definition) is 6. The van der Waals surface area contributed by atoms with E-state index in [4.69, 9.17) is 9.47 Å². The zero-order chi connectivity index (χ0) is 24.3. The van der Waals surface area contributed by atoms with E-state index in [1.54, 1.807) is 6.92 Å². The molecule has 2 atom stereocenters. The Balaban J connectivity index is 1.88. The van der Waals surface area contributed by atoms with Gasteiger partial charge >= 0.3 is 12.1 Å². The summed E-state index contributed by atoms with van der Waals surface area (Å²) in [5.41, 5.74) is 0.0970. The van der Waals surface area contributed by atoms with Gasteiger partial charge in [-0.1, -0.05) is 25.3 Å². The van der Waals surface area contributed by atoms with Crippen molar-refractivity contribution in [1.82, 2.24) is 4.98 Å². The Morgan fingerprint density at radius 3 is 2.48 bits per heavy atom. The molecule has 1 N–H and O–H groups in total. The number of ketones is 1. The van der Waals surface area contributed by atoms with E-state index in [0.29, 0.717) is 17.8 Å². The fourth-order valence-corrected chi connectivity index (χ4v) is 3.61. The minimum atomic E-state index is -4.54. The monoisotopic (exact) mass is 460 g/mol. The lowest BCUT2D eigenvalue weighted by Gasteiger charge is -2.18. The number of methoxy groups -OCH3 is 1. The van der Waals surface area contributed by atoms with Crippen LogP contribution in [0.2, 0.25) is 0 Å². The Labute approximate surface area is 189 Å². The fraction of sp³-hybridized carbons (Fsp3) is 0.292. The van der Waals surface area contributed by atoms with Gasteiger partial charge in [-0.2, -0.15) is 13.2 Å². The highest BCUT2D eigenvalue weighted by atomic mass is 19.4.